The number of rotatable bonds is 10. The highest BCUT2D eigenvalue weighted by molar-refractivity contribution is 8.09. The molecule has 7 heteroatoms. The van der Waals surface area contributed by atoms with Crippen LogP contribution in [0.25, 0.3) is 11.1 Å². The molecule has 2 atom stereocenters. The van der Waals surface area contributed by atoms with E-state index in [2.05, 4.69) is 24.3 Å². The minimum atomic E-state index is -4.48. The molecule has 4 aromatic carbocycles. The summed E-state index contributed by atoms with van der Waals surface area (Å²) in [6, 6.07) is 33.1. The molecule has 0 radical (unpaired) electrons. The third-order valence-electron chi connectivity index (χ3n) is 5.90. The van der Waals surface area contributed by atoms with Crippen LogP contribution in [-0.2, 0) is 21.0 Å². The van der Waals surface area contributed by atoms with Gasteiger partial charge in [0, 0.05) is 21.8 Å². The molecule has 0 N–H and O–H groups in total. The Kier molecular flexibility index (Phi) is 8.92. The average Bonchev–Trinajstić information content (AvgIpc) is 2.90. The van der Waals surface area contributed by atoms with Crippen LogP contribution in [0.3, 0.4) is 0 Å². The Bertz CT molecular complexity index is 1430. The number of hydrogen-bond donors (Lipinski definition) is 0. The third-order valence-corrected chi connectivity index (χ3v) is 11.4. The van der Waals surface area contributed by atoms with Crippen molar-refractivity contribution in [3.05, 3.63) is 109 Å². The van der Waals surface area contributed by atoms with Crippen LogP contribution in [0.4, 0.5) is 0 Å². The molecular formula is C30H28O4S3. The molecule has 4 nitrogen and oxygen atoms in total. The van der Waals surface area contributed by atoms with Gasteiger partial charge in [0.05, 0.1) is 10.9 Å². The normalized spacial score (nSPS) is 13.2. The number of hydrogen-bond acceptors (Lipinski definition) is 5. The van der Waals surface area contributed by atoms with Gasteiger partial charge in [0.15, 0.2) is 15.6 Å². The van der Waals surface area contributed by atoms with Gasteiger partial charge in [-0.15, -0.1) is 0 Å². The lowest BCUT2D eigenvalue weighted by Gasteiger charge is -2.21. The molecule has 0 fully saturated rings. The first-order chi connectivity index (χ1) is 17.8. The van der Waals surface area contributed by atoms with Crippen molar-refractivity contribution >= 4 is 38.6 Å². The Hall–Kier alpha value is -2.84. The summed E-state index contributed by atoms with van der Waals surface area (Å²) in [5.74, 6) is 0.0538. The van der Waals surface area contributed by atoms with Crippen molar-refractivity contribution in [2.75, 3.05) is 0 Å². The summed E-state index contributed by atoms with van der Waals surface area (Å²) in [5, 5.41) is 0. The molecule has 0 heterocycles. The molecule has 0 aliphatic heterocycles. The van der Waals surface area contributed by atoms with Gasteiger partial charge in [-0.25, -0.2) is 8.42 Å². The summed E-state index contributed by atoms with van der Waals surface area (Å²) in [6.07, 6.45) is 0.938. The first-order valence-corrected chi connectivity index (χ1v) is 15.6. The van der Waals surface area contributed by atoms with Gasteiger partial charge in [-0.3, -0.25) is 4.79 Å². The van der Waals surface area contributed by atoms with Crippen molar-refractivity contribution in [2.24, 2.45) is 0 Å². The van der Waals surface area contributed by atoms with Gasteiger partial charge in [0.1, 0.15) is 10.1 Å². The van der Waals surface area contributed by atoms with Crippen molar-refractivity contribution < 1.29 is 17.8 Å². The predicted molar refractivity (Wildman–Crippen MR) is 151 cm³/mol. The van der Waals surface area contributed by atoms with Gasteiger partial charge in [-0.1, -0.05) is 67.6 Å². The fourth-order valence-electron chi connectivity index (χ4n) is 4.03. The van der Waals surface area contributed by atoms with Crippen LogP contribution >= 0.6 is 11.8 Å². The Morgan fingerprint density at radius 2 is 1.27 bits per heavy atom. The fraction of sp³-hybridized carbons (Fsp3) is 0.167. The first-order valence-electron chi connectivity index (χ1n) is 12.0. The highest BCUT2D eigenvalue weighted by atomic mass is 32.3. The molecular weight excluding hydrogens is 521 g/mol. The van der Waals surface area contributed by atoms with E-state index in [9.17, 15) is 17.8 Å². The number of Topliss-reactive ketones (excluding diaryl/α,β-unsaturated/α-hetero) is 1. The van der Waals surface area contributed by atoms with Crippen LogP contribution in [-0.4, -0.2) is 23.3 Å². The van der Waals surface area contributed by atoms with E-state index in [-0.39, 0.29) is 5.78 Å². The second kappa shape index (κ2) is 12.1. The Morgan fingerprint density at radius 1 is 0.784 bits per heavy atom. The lowest BCUT2D eigenvalue weighted by Crippen LogP contribution is -2.30. The molecule has 0 saturated carbocycles. The van der Waals surface area contributed by atoms with Crippen molar-refractivity contribution in [3.8, 4) is 11.1 Å². The Labute approximate surface area is 226 Å². The molecule has 0 spiro atoms. The summed E-state index contributed by atoms with van der Waals surface area (Å²) < 4.78 is 35.7. The maximum Gasteiger partial charge on any atom is 0.216 e. The van der Waals surface area contributed by atoms with E-state index in [1.807, 2.05) is 85.8 Å². The molecule has 0 amide bonds. The second-order valence-electron chi connectivity index (χ2n) is 8.59. The number of ketones is 1. The summed E-state index contributed by atoms with van der Waals surface area (Å²) in [5.41, 5.74) is 2.76. The van der Waals surface area contributed by atoms with Gasteiger partial charge in [0.2, 0.25) is 4.58 Å². The molecule has 4 rings (SSSR count). The topological polar surface area (TPSA) is 74.3 Å². The molecule has 0 bridgehead atoms. The summed E-state index contributed by atoms with van der Waals surface area (Å²) >= 11 is 1.63. The van der Waals surface area contributed by atoms with Crippen LogP contribution in [0.2, 0.25) is 0 Å². The fourth-order valence-corrected chi connectivity index (χ4v) is 9.21. The SMILES string of the molecule is CCCC([S+](c1ccccc1)c1ccc(-c2ccc(Sc3ccc(C(C)=O)cc3)cc2)cc1)S(=O)(=O)[O-]. The second-order valence-corrected chi connectivity index (χ2v) is 13.8. The Morgan fingerprint density at radius 3 is 1.76 bits per heavy atom. The zero-order valence-electron chi connectivity index (χ0n) is 20.7. The highest BCUT2D eigenvalue weighted by Gasteiger charge is 2.39. The van der Waals surface area contributed by atoms with Gasteiger partial charge < -0.3 is 4.55 Å². The quantitative estimate of drug-likeness (QED) is 0.117. The van der Waals surface area contributed by atoms with Crippen LogP contribution < -0.4 is 0 Å². The molecule has 0 aliphatic carbocycles. The van der Waals surface area contributed by atoms with E-state index in [1.165, 1.54) is 0 Å². The predicted octanol–water partition coefficient (Wildman–Crippen LogP) is 7.42. The molecule has 0 aromatic heterocycles. The van der Waals surface area contributed by atoms with Gasteiger partial charge in [-0.2, -0.15) is 0 Å². The highest BCUT2D eigenvalue weighted by Crippen LogP contribution is 2.34. The van der Waals surface area contributed by atoms with Crippen LogP contribution in [0.15, 0.2) is 123 Å². The van der Waals surface area contributed by atoms with E-state index in [0.29, 0.717) is 18.4 Å². The van der Waals surface area contributed by atoms with Gasteiger partial charge in [0.25, 0.3) is 0 Å². The number of carbonyl (C=O) groups is 1. The zero-order chi connectivity index (χ0) is 26.4. The largest absolute Gasteiger partial charge is 0.744 e. The van der Waals surface area contributed by atoms with E-state index in [1.54, 1.807) is 18.7 Å². The van der Waals surface area contributed by atoms with Crippen molar-refractivity contribution in [2.45, 2.75) is 50.9 Å². The van der Waals surface area contributed by atoms with Gasteiger partial charge in [-0.05, 0) is 78.7 Å². The molecule has 37 heavy (non-hydrogen) atoms. The smallest absolute Gasteiger partial charge is 0.216 e. The van der Waals surface area contributed by atoms with E-state index < -0.39 is 25.6 Å². The number of benzene rings is 4. The maximum absolute atomic E-state index is 12.2. The standard InChI is InChI=1S/C30H28O4S3/c1-3-7-30(37(32,33)34)36(28-8-5-4-6-9-28)29-20-14-25(15-21-29)24-12-18-27(19-13-24)35-26-16-10-23(11-17-26)22(2)31/h4-6,8-21,30H,3,7H2,1-2H3. The lowest BCUT2D eigenvalue weighted by atomic mass is 10.1. The Balaban J connectivity index is 1.57. The summed E-state index contributed by atoms with van der Waals surface area (Å²) in [7, 11) is -5.36. The molecule has 2 unspecified atom stereocenters. The minimum Gasteiger partial charge on any atom is -0.744 e. The lowest BCUT2D eigenvalue weighted by molar-refractivity contribution is 0.101. The number of carbonyl (C=O) groups excluding carboxylic acids is 1. The van der Waals surface area contributed by atoms with E-state index in [4.69, 9.17) is 0 Å². The summed E-state index contributed by atoms with van der Waals surface area (Å²) in [6.45, 7) is 3.46. The van der Waals surface area contributed by atoms with Crippen LogP contribution in [0.5, 0.6) is 0 Å². The summed E-state index contributed by atoms with van der Waals surface area (Å²) in [4.78, 5) is 15.3. The van der Waals surface area contributed by atoms with Crippen molar-refractivity contribution in [3.63, 3.8) is 0 Å². The van der Waals surface area contributed by atoms with Crippen LogP contribution in [0, 0.1) is 0 Å². The third kappa shape index (κ3) is 6.93. The molecule has 0 aliphatic rings. The molecule has 190 valence electrons. The van der Waals surface area contributed by atoms with Gasteiger partial charge >= 0.3 is 0 Å². The van der Waals surface area contributed by atoms with Crippen LogP contribution in [0.1, 0.15) is 37.0 Å². The molecule has 0 saturated heterocycles. The average molecular weight is 549 g/mol. The van der Waals surface area contributed by atoms with Crippen molar-refractivity contribution in [1.29, 1.82) is 0 Å². The van der Waals surface area contributed by atoms with Crippen molar-refractivity contribution in [1.82, 2.24) is 0 Å². The maximum atomic E-state index is 12.2. The van der Waals surface area contributed by atoms with E-state index in [0.717, 1.165) is 30.7 Å². The monoisotopic (exact) mass is 548 g/mol. The van der Waals surface area contributed by atoms with E-state index >= 15 is 0 Å². The minimum absolute atomic E-state index is 0.0538. The first kappa shape index (κ1) is 27.2. The zero-order valence-corrected chi connectivity index (χ0v) is 23.1. The molecule has 4 aromatic rings.